The van der Waals surface area contributed by atoms with E-state index in [2.05, 4.69) is 0 Å². The van der Waals surface area contributed by atoms with Gasteiger partial charge in [0.2, 0.25) is 0 Å². The lowest BCUT2D eigenvalue weighted by Gasteiger charge is -2.27. The van der Waals surface area contributed by atoms with Gasteiger partial charge in [0.25, 0.3) is 0 Å². The van der Waals surface area contributed by atoms with Crippen molar-refractivity contribution in [3.8, 4) is 0 Å². The van der Waals surface area contributed by atoms with Crippen LogP contribution >= 0.6 is 0 Å². The average Bonchev–Trinajstić information content (AvgIpc) is 2.54. The monoisotopic (exact) mass is 185 g/mol. The highest BCUT2D eigenvalue weighted by molar-refractivity contribution is 5.60. The van der Waals surface area contributed by atoms with Gasteiger partial charge in [0.15, 0.2) is 0 Å². The van der Waals surface area contributed by atoms with Gasteiger partial charge in [0.05, 0.1) is 6.61 Å². The highest BCUT2D eigenvalue weighted by Gasteiger charge is 2.34. The quantitative estimate of drug-likeness (QED) is 0.640. The fourth-order valence-electron chi connectivity index (χ4n) is 2.18. The highest BCUT2D eigenvalue weighted by Crippen LogP contribution is 2.36. The zero-order valence-corrected chi connectivity index (χ0v) is 8.33. The maximum absolute atomic E-state index is 11.0. The molecule has 0 aliphatic heterocycles. The lowest BCUT2D eigenvalue weighted by atomic mass is 9.87. The number of aliphatic hydroxyl groups excluding tert-OH is 1. The molecule has 1 rings (SSSR count). The molecule has 1 saturated carbocycles. The summed E-state index contributed by atoms with van der Waals surface area (Å²) in [5, 5.41) is 8.74. The van der Waals surface area contributed by atoms with Gasteiger partial charge in [-0.1, -0.05) is 12.8 Å². The van der Waals surface area contributed by atoms with E-state index in [9.17, 15) is 4.79 Å². The van der Waals surface area contributed by atoms with Gasteiger partial charge in [-0.2, -0.15) is 0 Å². The summed E-state index contributed by atoms with van der Waals surface area (Å²) in [4.78, 5) is 13.0. The predicted octanol–water partition coefficient (Wildman–Crippen LogP) is 0.670. The minimum Gasteiger partial charge on any atom is -0.395 e. The largest absolute Gasteiger partial charge is 0.395 e. The molecule has 0 aromatic heterocycles. The lowest BCUT2D eigenvalue weighted by Crippen LogP contribution is -2.36. The first kappa shape index (κ1) is 10.7. The van der Waals surface area contributed by atoms with E-state index in [0.29, 0.717) is 6.54 Å². The van der Waals surface area contributed by atoms with Crippen LogP contribution in [0.5, 0.6) is 0 Å². The van der Waals surface area contributed by atoms with Crippen LogP contribution in [-0.2, 0) is 4.79 Å². The van der Waals surface area contributed by atoms with E-state index in [1.165, 1.54) is 12.8 Å². The van der Waals surface area contributed by atoms with Crippen molar-refractivity contribution >= 4 is 6.29 Å². The van der Waals surface area contributed by atoms with Gasteiger partial charge in [-0.15, -0.1) is 0 Å². The predicted molar refractivity (Wildman–Crippen MR) is 51.5 cm³/mol. The number of aldehydes is 1. The van der Waals surface area contributed by atoms with Gasteiger partial charge in [-0.05, 0) is 19.9 Å². The normalized spacial score (nSPS) is 20.8. The van der Waals surface area contributed by atoms with E-state index < -0.39 is 0 Å². The smallest absolute Gasteiger partial charge is 0.127 e. The van der Waals surface area contributed by atoms with Gasteiger partial charge >= 0.3 is 0 Å². The van der Waals surface area contributed by atoms with Gasteiger partial charge in [0, 0.05) is 18.5 Å². The second kappa shape index (κ2) is 4.72. The summed E-state index contributed by atoms with van der Waals surface area (Å²) < 4.78 is 0. The third-order valence-corrected chi connectivity index (χ3v) is 2.92. The SMILES string of the molecule is CN(CCO)CC1(C=O)CCCC1. The molecule has 3 nitrogen and oxygen atoms in total. The number of hydrogen-bond donors (Lipinski definition) is 1. The van der Waals surface area contributed by atoms with E-state index in [1.54, 1.807) is 0 Å². The van der Waals surface area contributed by atoms with Crippen LogP contribution in [0.1, 0.15) is 25.7 Å². The Bertz CT molecular complexity index is 164. The van der Waals surface area contributed by atoms with Crippen LogP contribution < -0.4 is 0 Å². The first-order chi connectivity index (χ1) is 6.22. The molecule has 0 spiro atoms. The number of aliphatic hydroxyl groups is 1. The number of hydrogen-bond acceptors (Lipinski definition) is 3. The van der Waals surface area contributed by atoms with E-state index in [0.717, 1.165) is 25.7 Å². The number of rotatable bonds is 5. The first-order valence-corrected chi connectivity index (χ1v) is 4.98. The summed E-state index contributed by atoms with van der Waals surface area (Å²) in [6, 6.07) is 0. The fraction of sp³-hybridized carbons (Fsp3) is 0.900. The maximum atomic E-state index is 11.0. The number of carbonyl (C=O) groups is 1. The first-order valence-electron chi connectivity index (χ1n) is 4.98. The third kappa shape index (κ3) is 2.78. The zero-order valence-electron chi connectivity index (χ0n) is 8.33. The van der Waals surface area contributed by atoms with Crippen LogP contribution in [0.2, 0.25) is 0 Å². The molecular weight excluding hydrogens is 166 g/mol. The minimum absolute atomic E-state index is 0.107. The van der Waals surface area contributed by atoms with E-state index in [4.69, 9.17) is 5.11 Å². The summed E-state index contributed by atoms with van der Waals surface area (Å²) in [6.45, 7) is 1.64. The van der Waals surface area contributed by atoms with Crippen LogP contribution in [0.3, 0.4) is 0 Å². The molecule has 3 heteroatoms. The van der Waals surface area contributed by atoms with Crippen molar-refractivity contribution < 1.29 is 9.90 Å². The van der Waals surface area contributed by atoms with Crippen LogP contribution in [0.25, 0.3) is 0 Å². The molecule has 0 heterocycles. The van der Waals surface area contributed by atoms with Crippen molar-refractivity contribution in [1.29, 1.82) is 0 Å². The van der Waals surface area contributed by atoms with Crippen LogP contribution in [0.4, 0.5) is 0 Å². The van der Waals surface area contributed by atoms with Gasteiger partial charge in [-0.25, -0.2) is 0 Å². The molecule has 1 aliphatic carbocycles. The Balaban J connectivity index is 2.43. The van der Waals surface area contributed by atoms with Crippen molar-refractivity contribution in [1.82, 2.24) is 4.90 Å². The molecular formula is C10H19NO2. The van der Waals surface area contributed by atoms with E-state index >= 15 is 0 Å². The molecule has 0 unspecified atom stereocenters. The Morgan fingerprint density at radius 1 is 1.46 bits per heavy atom. The molecule has 76 valence electrons. The van der Waals surface area contributed by atoms with Gasteiger partial charge in [-0.3, -0.25) is 0 Å². The highest BCUT2D eigenvalue weighted by atomic mass is 16.3. The minimum atomic E-state index is -0.107. The summed E-state index contributed by atoms with van der Waals surface area (Å²) in [5.74, 6) is 0. The van der Waals surface area contributed by atoms with Crippen molar-refractivity contribution in [3.05, 3.63) is 0 Å². The molecule has 1 aliphatic rings. The third-order valence-electron chi connectivity index (χ3n) is 2.92. The van der Waals surface area contributed by atoms with Crippen LogP contribution in [0, 0.1) is 5.41 Å². The Hall–Kier alpha value is -0.410. The molecule has 0 aromatic rings. The molecule has 0 amide bonds. The summed E-state index contributed by atoms with van der Waals surface area (Å²) in [6.07, 6.45) is 5.50. The van der Waals surface area contributed by atoms with Gasteiger partial charge < -0.3 is 14.8 Å². The molecule has 0 atom stereocenters. The van der Waals surface area contributed by atoms with Gasteiger partial charge in [0.1, 0.15) is 6.29 Å². The van der Waals surface area contributed by atoms with E-state index in [-0.39, 0.29) is 12.0 Å². The van der Waals surface area contributed by atoms with Crippen molar-refractivity contribution in [2.75, 3.05) is 26.7 Å². The molecule has 13 heavy (non-hydrogen) atoms. The molecule has 0 saturated heterocycles. The maximum Gasteiger partial charge on any atom is 0.127 e. The average molecular weight is 185 g/mol. The van der Waals surface area contributed by atoms with Crippen LogP contribution in [0.15, 0.2) is 0 Å². The molecule has 0 radical (unpaired) electrons. The number of nitrogens with zero attached hydrogens (tertiary/aromatic N) is 1. The van der Waals surface area contributed by atoms with E-state index in [1.807, 2.05) is 11.9 Å². The standard InChI is InChI=1S/C10H19NO2/c1-11(6-7-12)8-10(9-13)4-2-3-5-10/h9,12H,2-8H2,1H3. The molecule has 0 aromatic carbocycles. The summed E-state index contributed by atoms with van der Waals surface area (Å²) in [5.41, 5.74) is -0.107. The van der Waals surface area contributed by atoms with Crippen LogP contribution in [-0.4, -0.2) is 43.0 Å². The lowest BCUT2D eigenvalue weighted by molar-refractivity contribution is -0.116. The molecule has 0 bridgehead atoms. The molecule has 1 fully saturated rings. The number of likely N-dealkylation sites (N-methyl/N-ethyl adjacent to an activating group) is 1. The van der Waals surface area contributed by atoms with Crippen molar-refractivity contribution in [2.45, 2.75) is 25.7 Å². The molecule has 1 N–H and O–H groups in total. The second-order valence-electron chi connectivity index (χ2n) is 4.15. The van der Waals surface area contributed by atoms with Crippen molar-refractivity contribution in [3.63, 3.8) is 0 Å². The topological polar surface area (TPSA) is 40.5 Å². The van der Waals surface area contributed by atoms with Crippen molar-refractivity contribution in [2.24, 2.45) is 5.41 Å². The summed E-state index contributed by atoms with van der Waals surface area (Å²) >= 11 is 0. The summed E-state index contributed by atoms with van der Waals surface area (Å²) in [7, 11) is 1.96. The Morgan fingerprint density at radius 2 is 2.08 bits per heavy atom. The Kier molecular flexibility index (Phi) is 3.88. The second-order valence-corrected chi connectivity index (χ2v) is 4.15. The zero-order chi connectivity index (χ0) is 9.73. The number of carbonyl (C=O) groups excluding carboxylic acids is 1. The fourth-order valence-corrected chi connectivity index (χ4v) is 2.18. The Morgan fingerprint density at radius 3 is 2.54 bits per heavy atom. The Labute approximate surface area is 79.7 Å².